The summed E-state index contributed by atoms with van der Waals surface area (Å²) in [5, 5.41) is 0. The van der Waals surface area contributed by atoms with E-state index in [0.717, 1.165) is 0 Å². The highest BCUT2D eigenvalue weighted by Gasteiger charge is 2.20. The molecule has 0 amide bonds. The van der Waals surface area contributed by atoms with Crippen LogP contribution in [0.3, 0.4) is 0 Å². The molecule has 22 heavy (non-hydrogen) atoms. The zero-order valence-corrected chi connectivity index (χ0v) is 11.7. The molecule has 0 saturated carbocycles. The summed E-state index contributed by atoms with van der Waals surface area (Å²) in [7, 11) is 1.43. The standard InChI is InChI=1S/C16H12O6/c1-19-13-4-2-3-11(8-17)15(13)22-16(18)10-5-6-12-14(7-10)21-9-20-12/h2-8H,9H2,1H3. The van der Waals surface area contributed by atoms with Crippen LogP contribution in [0.4, 0.5) is 0 Å². The van der Waals surface area contributed by atoms with Crippen LogP contribution in [0.15, 0.2) is 36.4 Å². The Morgan fingerprint density at radius 2 is 2.00 bits per heavy atom. The second-order valence-corrected chi connectivity index (χ2v) is 4.45. The van der Waals surface area contributed by atoms with E-state index in [-0.39, 0.29) is 23.7 Å². The highest BCUT2D eigenvalue weighted by Crippen LogP contribution is 2.34. The number of fused-ring (bicyclic) bond motifs is 1. The minimum atomic E-state index is -0.620. The third kappa shape index (κ3) is 2.46. The van der Waals surface area contributed by atoms with E-state index >= 15 is 0 Å². The molecule has 0 aliphatic carbocycles. The predicted molar refractivity (Wildman–Crippen MR) is 75.9 cm³/mol. The van der Waals surface area contributed by atoms with Gasteiger partial charge in [0.15, 0.2) is 29.3 Å². The van der Waals surface area contributed by atoms with Crippen LogP contribution >= 0.6 is 0 Å². The van der Waals surface area contributed by atoms with Crippen LogP contribution in [0, 0.1) is 0 Å². The molecule has 6 nitrogen and oxygen atoms in total. The molecule has 0 unspecified atom stereocenters. The number of ether oxygens (including phenoxy) is 4. The summed E-state index contributed by atoms with van der Waals surface area (Å²) in [5.74, 6) is 0.819. The summed E-state index contributed by atoms with van der Waals surface area (Å²) in [5.41, 5.74) is 0.514. The van der Waals surface area contributed by atoms with E-state index in [1.165, 1.54) is 19.2 Å². The predicted octanol–water partition coefficient (Wildman–Crippen LogP) is 2.46. The highest BCUT2D eigenvalue weighted by molar-refractivity contribution is 5.94. The van der Waals surface area contributed by atoms with Gasteiger partial charge in [0.05, 0.1) is 18.2 Å². The first-order valence-corrected chi connectivity index (χ1v) is 6.47. The van der Waals surface area contributed by atoms with Crippen molar-refractivity contribution in [3.8, 4) is 23.0 Å². The van der Waals surface area contributed by atoms with Crippen molar-refractivity contribution in [2.75, 3.05) is 13.9 Å². The largest absolute Gasteiger partial charge is 0.493 e. The zero-order valence-electron chi connectivity index (χ0n) is 11.7. The quantitative estimate of drug-likeness (QED) is 0.491. The van der Waals surface area contributed by atoms with E-state index in [1.54, 1.807) is 24.3 Å². The topological polar surface area (TPSA) is 71.1 Å². The fraction of sp³-hybridized carbons (Fsp3) is 0.125. The summed E-state index contributed by atoms with van der Waals surface area (Å²) < 4.78 is 20.8. The van der Waals surface area contributed by atoms with E-state index in [0.29, 0.717) is 23.5 Å². The molecule has 112 valence electrons. The van der Waals surface area contributed by atoms with Crippen LogP contribution in [0.25, 0.3) is 0 Å². The van der Waals surface area contributed by atoms with Gasteiger partial charge in [-0.15, -0.1) is 0 Å². The first-order valence-electron chi connectivity index (χ1n) is 6.47. The monoisotopic (exact) mass is 300 g/mol. The van der Waals surface area contributed by atoms with E-state index in [4.69, 9.17) is 18.9 Å². The lowest BCUT2D eigenvalue weighted by Gasteiger charge is -2.11. The molecule has 6 heteroatoms. The third-order valence-electron chi connectivity index (χ3n) is 3.16. The minimum Gasteiger partial charge on any atom is -0.493 e. The summed E-state index contributed by atoms with van der Waals surface area (Å²) in [6.45, 7) is 0.121. The minimum absolute atomic E-state index is 0.0858. The summed E-state index contributed by atoms with van der Waals surface area (Å²) in [6, 6.07) is 9.50. The number of esters is 1. The fourth-order valence-corrected chi connectivity index (χ4v) is 2.07. The number of hydrogen-bond acceptors (Lipinski definition) is 6. The van der Waals surface area contributed by atoms with Gasteiger partial charge in [0, 0.05) is 0 Å². The zero-order chi connectivity index (χ0) is 15.5. The van der Waals surface area contributed by atoms with Gasteiger partial charge < -0.3 is 18.9 Å². The molecule has 0 spiro atoms. The Bertz CT molecular complexity index is 737. The van der Waals surface area contributed by atoms with Crippen LogP contribution in [-0.4, -0.2) is 26.2 Å². The SMILES string of the molecule is COc1cccc(C=O)c1OC(=O)c1ccc2c(c1)OCO2. The van der Waals surface area contributed by atoms with Crippen molar-refractivity contribution in [2.24, 2.45) is 0 Å². The Kier molecular flexibility index (Phi) is 3.65. The number of benzene rings is 2. The van der Waals surface area contributed by atoms with Crippen molar-refractivity contribution in [3.05, 3.63) is 47.5 Å². The van der Waals surface area contributed by atoms with Gasteiger partial charge in [-0.3, -0.25) is 4.79 Å². The molecule has 2 aromatic rings. The maximum Gasteiger partial charge on any atom is 0.343 e. The summed E-state index contributed by atoms with van der Waals surface area (Å²) in [6.07, 6.45) is 0.602. The number of carbonyl (C=O) groups is 2. The van der Waals surface area contributed by atoms with Gasteiger partial charge in [0.2, 0.25) is 6.79 Å². The lowest BCUT2D eigenvalue weighted by Crippen LogP contribution is -2.10. The molecule has 0 aromatic heterocycles. The van der Waals surface area contributed by atoms with Gasteiger partial charge in [-0.1, -0.05) is 6.07 Å². The van der Waals surface area contributed by atoms with Crippen molar-refractivity contribution in [1.29, 1.82) is 0 Å². The molecule has 3 rings (SSSR count). The maximum absolute atomic E-state index is 12.3. The van der Waals surface area contributed by atoms with Crippen molar-refractivity contribution in [1.82, 2.24) is 0 Å². The highest BCUT2D eigenvalue weighted by atomic mass is 16.7. The molecule has 0 radical (unpaired) electrons. The van der Waals surface area contributed by atoms with Crippen LogP contribution in [0.5, 0.6) is 23.0 Å². The smallest absolute Gasteiger partial charge is 0.343 e. The van der Waals surface area contributed by atoms with Crippen molar-refractivity contribution >= 4 is 12.3 Å². The van der Waals surface area contributed by atoms with Crippen molar-refractivity contribution in [2.45, 2.75) is 0 Å². The van der Waals surface area contributed by atoms with Crippen LogP contribution in [0.1, 0.15) is 20.7 Å². The summed E-state index contributed by atoms with van der Waals surface area (Å²) in [4.78, 5) is 23.3. The maximum atomic E-state index is 12.3. The molecule has 0 bridgehead atoms. The fourth-order valence-electron chi connectivity index (χ4n) is 2.07. The van der Waals surface area contributed by atoms with Crippen LogP contribution < -0.4 is 18.9 Å². The lowest BCUT2D eigenvalue weighted by atomic mass is 10.2. The van der Waals surface area contributed by atoms with Gasteiger partial charge in [-0.25, -0.2) is 4.79 Å². The van der Waals surface area contributed by atoms with Crippen molar-refractivity contribution in [3.63, 3.8) is 0 Å². The Hall–Kier alpha value is -3.02. The average Bonchev–Trinajstić information content (AvgIpc) is 3.02. The molecule has 0 saturated heterocycles. The number of hydrogen-bond donors (Lipinski definition) is 0. The van der Waals surface area contributed by atoms with Gasteiger partial charge in [0.1, 0.15) is 0 Å². The molecule has 0 atom stereocenters. The molecule has 1 heterocycles. The first-order chi connectivity index (χ1) is 10.7. The van der Waals surface area contributed by atoms with E-state index < -0.39 is 5.97 Å². The van der Waals surface area contributed by atoms with Gasteiger partial charge >= 0.3 is 5.97 Å². The Balaban J connectivity index is 1.90. The number of para-hydroxylation sites is 1. The molecular weight excluding hydrogens is 288 g/mol. The van der Waals surface area contributed by atoms with Gasteiger partial charge in [0.25, 0.3) is 0 Å². The van der Waals surface area contributed by atoms with Crippen molar-refractivity contribution < 1.29 is 28.5 Å². The normalized spacial score (nSPS) is 11.9. The second kappa shape index (κ2) is 5.77. The molecule has 1 aliphatic rings. The molecule has 0 fully saturated rings. The first kappa shape index (κ1) is 13.9. The average molecular weight is 300 g/mol. The van der Waals surface area contributed by atoms with Crippen LogP contribution in [0.2, 0.25) is 0 Å². The van der Waals surface area contributed by atoms with Crippen LogP contribution in [-0.2, 0) is 0 Å². The summed E-state index contributed by atoms with van der Waals surface area (Å²) >= 11 is 0. The number of methoxy groups -OCH3 is 1. The van der Waals surface area contributed by atoms with E-state index in [2.05, 4.69) is 0 Å². The van der Waals surface area contributed by atoms with E-state index in [9.17, 15) is 9.59 Å². The van der Waals surface area contributed by atoms with E-state index in [1.807, 2.05) is 0 Å². The van der Waals surface area contributed by atoms with Gasteiger partial charge in [-0.05, 0) is 30.3 Å². The Labute approximate surface area is 126 Å². The molecule has 2 aromatic carbocycles. The number of rotatable bonds is 4. The number of aldehydes is 1. The Morgan fingerprint density at radius 1 is 1.18 bits per heavy atom. The molecule has 1 aliphatic heterocycles. The Morgan fingerprint density at radius 3 is 2.77 bits per heavy atom. The lowest BCUT2D eigenvalue weighted by molar-refractivity contribution is 0.0728. The number of carbonyl (C=O) groups excluding carboxylic acids is 2. The molecular formula is C16H12O6. The molecule has 0 N–H and O–H groups in total. The van der Waals surface area contributed by atoms with Gasteiger partial charge in [-0.2, -0.15) is 0 Å². The second-order valence-electron chi connectivity index (χ2n) is 4.45. The third-order valence-corrected chi connectivity index (χ3v) is 3.16.